The second kappa shape index (κ2) is 8.78. The van der Waals surface area contributed by atoms with Gasteiger partial charge in [-0.3, -0.25) is 20.3 Å². The Morgan fingerprint density at radius 3 is 2.45 bits per heavy atom. The number of carbonyl (C=O) groups is 2. The second-order valence-corrected chi connectivity index (χ2v) is 9.58. The molecular formula is C25H25FN4O2S. The van der Waals surface area contributed by atoms with Gasteiger partial charge < -0.3 is 4.90 Å². The molecule has 4 atom stereocenters. The maximum Gasteiger partial charge on any atom is 0.327 e. The van der Waals surface area contributed by atoms with E-state index in [2.05, 4.69) is 34.9 Å². The molecule has 0 aliphatic carbocycles. The number of rotatable bonds is 4. The lowest BCUT2D eigenvalue weighted by Crippen LogP contribution is -2.72. The van der Waals surface area contributed by atoms with Gasteiger partial charge in [-0.2, -0.15) is 0 Å². The molecule has 0 radical (unpaired) electrons. The third kappa shape index (κ3) is 3.99. The van der Waals surface area contributed by atoms with Crippen LogP contribution in [0, 0.1) is 11.7 Å². The standard InChI is InChI=1S/C25H25FN4O2S/c1-29-22-20(24(31)30(2)25(29)32)23(28-21(27-22)16-10-12-18(26)13-11-16)33-14-17-8-5-7-15-6-3-4-9-19(15)17/h3-13,20-23,27-28H,14H2,1-2H3. The van der Waals surface area contributed by atoms with E-state index in [1.165, 1.54) is 40.4 Å². The molecule has 0 saturated carbocycles. The van der Waals surface area contributed by atoms with Crippen molar-refractivity contribution in [3.63, 3.8) is 0 Å². The summed E-state index contributed by atoms with van der Waals surface area (Å²) >= 11 is 1.65. The average Bonchev–Trinajstić information content (AvgIpc) is 2.84. The molecule has 2 fully saturated rings. The third-order valence-corrected chi connectivity index (χ3v) is 7.72. The molecule has 5 rings (SSSR count). The van der Waals surface area contributed by atoms with Crippen LogP contribution < -0.4 is 10.6 Å². The number of carbonyl (C=O) groups excluding carboxylic acids is 2. The number of thioether (sulfide) groups is 1. The molecule has 170 valence electrons. The summed E-state index contributed by atoms with van der Waals surface area (Å²) in [6, 6.07) is 20.4. The third-order valence-electron chi connectivity index (χ3n) is 6.46. The van der Waals surface area contributed by atoms with Gasteiger partial charge in [0.25, 0.3) is 0 Å². The van der Waals surface area contributed by atoms with Gasteiger partial charge in [0.1, 0.15) is 5.82 Å². The lowest BCUT2D eigenvalue weighted by Gasteiger charge is -2.50. The van der Waals surface area contributed by atoms with Crippen molar-refractivity contribution in [3.8, 4) is 0 Å². The van der Waals surface area contributed by atoms with Gasteiger partial charge in [0, 0.05) is 19.8 Å². The Kier molecular flexibility index (Phi) is 5.82. The van der Waals surface area contributed by atoms with Crippen LogP contribution in [0.4, 0.5) is 9.18 Å². The molecule has 2 heterocycles. The summed E-state index contributed by atoms with van der Waals surface area (Å²) in [6.07, 6.45) is -0.800. The van der Waals surface area contributed by atoms with Crippen LogP contribution in [0.5, 0.6) is 0 Å². The van der Waals surface area contributed by atoms with Gasteiger partial charge in [-0.15, -0.1) is 11.8 Å². The van der Waals surface area contributed by atoms with Gasteiger partial charge in [-0.25, -0.2) is 9.18 Å². The van der Waals surface area contributed by atoms with Gasteiger partial charge >= 0.3 is 6.03 Å². The molecule has 2 aliphatic rings. The smallest absolute Gasteiger partial charge is 0.311 e. The van der Waals surface area contributed by atoms with Crippen molar-refractivity contribution in [2.45, 2.75) is 23.5 Å². The summed E-state index contributed by atoms with van der Waals surface area (Å²) in [5.41, 5.74) is 2.03. The monoisotopic (exact) mass is 464 g/mol. The first-order valence-electron chi connectivity index (χ1n) is 10.8. The van der Waals surface area contributed by atoms with Crippen LogP contribution in [0.25, 0.3) is 10.8 Å². The number of urea groups is 1. The van der Waals surface area contributed by atoms with Gasteiger partial charge in [-0.1, -0.05) is 54.6 Å². The van der Waals surface area contributed by atoms with E-state index in [1.807, 2.05) is 18.2 Å². The van der Waals surface area contributed by atoms with E-state index < -0.39 is 12.1 Å². The highest BCUT2D eigenvalue weighted by Crippen LogP contribution is 2.36. The normalized spacial score (nSPS) is 25.4. The van der Waals surface area contributed by atoms with E-state index in [0.717, 1.165) is 5.56 Å². The summed E-state index contributed by atoms with van der Waals surface area (Å²) in [5, 5.41) is 9.04. The molecule has 3 aromatic rings. The molecule has 0 spiro atoms. The molecule has 0 bridgehead atoms. The molecule has 2 aliphatic heterocycles. The van der Waals surface area contributed by atoms with Crippen LogP contribution >= 0.6 is 11.8 Å². The fraction of sp³-hybridized carbons (Fsp3) is 0.280. The largest absolute Gasteiger partial charge is 0.327 e. The highest BCUT2D eigenvalue weighted by molar-refractivity contribution is 7.99. The van der Waals surface area contributed by atoms with Crippen molar-refractivity contribution in [1.82, 2.24) is 20.4 Å². The number of imide groups is 1. The maximum atomic E-state index is 13.5. The van der Waals surface area contributed by atoms with E-state index in [4.69, 9.17) is 0 Å². The highest BCUT2D eigenvalue weighted by Gasteiger charge is 2.51. The lowest BCUT2D eigenvalue weighted by molar-refractivity contribution is -0.140. The molecule has 2 saturated heterocycles. The summed E-state index contributed by atoms with van der Waals surface area (Å²) in [4.78, 5) is 28.6. The molecule has 2 N–H and O–H groups in total. The van der Waals surface area contributed by atoms with Crippen molar-refractivity contribution >= 4 is 34.5 Å². The van der Waals surface area contributed by atoms with Crippen molar-refractivity contribution in [2.75, 3.05) is 14.1 Å². The minimum atomic E-state index is -0.470. The molecule has 3 aromatic carbocycles. The van der Waals surface area contributed by atoms with E-state index in [9.17, 15) is 14.0 Å². The van der Waals surface area contributed by atoms with E-state index in [-0.39, 0.29) is 29.3 Å². The van der Waals surface area contributed by atoms with Gasteiger partial charge in [0.15, 0.2) is 0 Å². The number of halogens is 1. The highest BCUT2D eigenvalue weighted by atomic mass is 32.2. The number of benzene rings is 3. The summed E-state index contributed by atoms with van der Waals surface area (Å²) in [5.74, 6) is -0.283. The predicted octanol–water partition coefficient (Wildman–Crippen LogP) is 3.90. The van der Waals surface area contributed by atoms with Crippen LogP contribution in [-0.4, -0.2) is 47.4 Å². The molecule has 3 amide bonds. The quantitative estimate of drug-likeness (QED) is 0.613. The Morgan fingerprint density at radius 1 is 0.939 bits per heavy atom. The summed E-state index contributed by atoms with van der Waals surface area (Å²) in [6.45, 7) is 0. The molecule has 4 unspecified atom stereocenters. The molecule has 8 heteroatoms. The van der Waals surface area contributed by atoms with Crippen LogP contribution in [0.15, 0.2) is 66.7 Å². The van der Waals surface area contributed by atoms with Crippen molar-refractivity contribution < 1.29 is 14.0 Å². The van der Waals surface area contributed by atoms with Crippen molar-refractivity contribution in [1.29, 1.82) is 0 Å². The van der Waals surface area contributed by atoms with Crippen LogP contribution in [0.2, 0.25) is 0 Å². The Labute approximate surface area is 196 Å². The lowest BCUT2D eigenvalue weighted by atomic mass is 9.96. The van der Waals surface area contributed by atoms with Crippen LogP contribution in [0.3, 0.4) is 0 Å². The number of hydrogen-bond donors (Lipinski definition) is 2. The fourth-order valence-corrected chi connectivity index (χ4v) is 5.96. The molecule has 6 nitrogen and oxygen atoms in total. The zero-order valence-electron chi connectivity index (χ0n) is 18.4. The maximum absolute atomic E-state index is 13.5. The van der Waals surface area contributed by atoms with E-state index in [1.54, 1.807) is 35.8 Å². The number of nitrogens with zero attached hydrogens (tertiary/aromatic N) is 2. The zero-order chi connectivity index (χ0) is 23.1. The van der Waals surface area contributed by atoms with Crippen LogP contribution in [-0.2, 0) is 10.5 Å². The molecule has 33 heavy (non-hydrogen) atoms. The number of hydrogen-bond acceptors (Lipinski definition) is 5. The Hall–Kier alpha value is -2.94. The topological polar surface area (TPSA) is 64.7 Å². The van der Waals surface area contributed by atoms with E-state index in [0.29, 0.717) is 5.75 Å². The fourth-order valence-electron chi connectivity index (χ4n) is 4.64. The Morgan fingerprint density at radius 2 is 1.67 bits per heavy atom. The van der Waals surface area contributed by atoms with Crippen molar-refractivity contribution in [3.05, 3.63) is 83.7 Å². The first-order valence-corrected chi connectivity index (χ1v) is 11.9. The number of fused-ring (bicyclic) bond motifs is 2. The minimum Gasteiger partial charge on any atom is -0.311 e. The minimum absolute atomic E-state index is 0.212. The first-order chi connectivity index (χ1) is 15.9. The Bertz CT molecular complexity index is 1200. The van der Waals surface area contributed by atoms with E-state index >= 15 is 0 Å². The number of amides is 3. The Balaban J connectivity index is 1.46. The van der Waals surface area contributed by atoms with Gasteiger partial charge in [-0.05, 0) is 34.0 Å². The van der Waals surface area contributed by atoms with Gasteiger partial charge in [0.2, 0.25) is 5.91 Å². The molecular weight excluding hydrogens is 439 g/mol. The van der Waals surface area contributed by atoms with Crippen molar-refractivity contribution in [2.24, 2.45) is 5.92 Å². The van der Waals surface area contributed by atoms with Crippen LogP contribution in [0.1, 0.15) is 17.3 Å². The SMILES string of the molecule is CN1C(=O)C2C(SCc3cccc4ccccc34)NC(c3ccc(F)cc3)NC2N(C)C1=O. The predicted molar refractivity (Wildman–Crippen MR) is 128 cm³/mol. The molecule has 0 aromatic heterocycles. The average molecular weight is 465 g/mol. The zero-order valence-corrected chi connectivity index (χ0v) is 19.2. The first kappa shape index (κ1) is 21.9. The summed E-state index contributed by atoms with van der Waals surface area (Å²) in [7, 11) is 3.23. The second-order valence-electron chi connectivity index (χ2n) is 8.45. The van der Waals surface area contributed by atoms with Gasteiger partial charge in [0.05, 0.1) is 23.6 Å². The number of nitrogens with one attached hydrogen (secondary N) is 2. The summed E-state index contributed by atoms with van der Waals surface area (Å²) < 4.78 is 13.5.